The summed E-state index contributed by atoms with van der Waals surface area (Å²) in [5.41, 5.74) is 3.44. The number of aromatic hydroxyl groups is 1. The zero-order chi connectivity index (χ0) is 54.3. The van der Waals surface area contributed by atoms with Crippen LogP contribution >= 0.6 is 34.5 Å². The van der Waals surface area contributed by atoms with E-state index in [1.807, 2.05) is 121 Å². The van der Waals surface area contributed by atoms with Crippen molar-refractivity contribution in [1.82, 2.24) is 34.9 Å². The molecule has 0 radical (unpaired) electrons. The molecule has 0 spiro atoms. The average molecular weight is 1080 g/mol. The summed E-state index contributed by atoms with van der Waals surface area (Å²) in [6.07, 6.45) is 0.212. The number of amides is 2. The fourth-order valence-corrected chi connectivity index (χ4v) is 11.1. The SMILES string of the molecule is CC(=O)NC(C)(C)CCOC(C)(C)CN(C)c1nc(N2CCN(C(=O)OC(C)(C)C)CC2)c2cc(Cl)c(-c3cc(O)cc4ccccc34)c(F)c2n1.Cc1sc2c(c1C)C(c1ccc(Cl)cc1)=NCc1nnc(C)n1-2. The quantitative estimate of drug-likeness (QED) is 0.127. The molecule has 1 fully saturated rings. The lowest BCUT2D eigenvalue weighted by Gasteiger charge is -2.37. The van der Waals surface area contributed by atoms with E-state index in [0.29, 0.717) is 69.1 Å². The number of hydrogen-bond acceptors (Lipinski definition) is 13. The van der Waals surface area contributed by atoms with Crippen LogP contribution in [0.1, 0.15) is 95.0 Å². The lowest BCUT2D eigenvalue weighted by atomic mass is 9.96. The van der Waals surface area contributed by atoms with Gasteiger partial charge in [-0.25, -0.2) is 14.2 Å². The predicted molar refractivity (Wildman–Crippen MR) is 299 cm³/mol. The van der Waals surface area contributed by atoms with Gasteiger partial charge in [-0.15, -0.1) is 21.5 Å². The molecule has 0 atom stereocenters. The highest BCUT2D eigenvalue weighted by molar-refractivity contribution is 7.15. The van der Waals surface area contributed by atoms with Crippen LogP contribution in [0.3, 0.4) is 0 Å². The molecule has 2 aliphatic heterocycles. The second-order valence-corrected chi connectivity index (χ2v) is 23.4. The minimum absolute atomic E-state index is 0.0152. The molecular weight excluding hydrogens is 1010 g/mol. The minimum Gasteiger partial charge on any atom is -0.508 e. The number of ether oxygens (including phenoxy) is 2. The van der Waals surface area contributed by atoms with Crippen LogP contribution in [0, 0.1) is 26.6 Å². The van der Waals surface area contributed by atoms with Crippen molar-refractivity contribution < 1.29 is 28.6 Å². The number of phenolic OH excluding ortho intramolecular Hbond substituents is 1. The summed E-state index contributed by atoms with van der Waals surface area (Å²) >= 11 is 14.7. The Bertz CT molecular complexity index is 3320. The van der Waals surface area contributed by atoms with E-state index in [2.05, 4.69) is 33.9 Å². The molecular formula is C56H65Cl2FN10O5S. The summed E-state index contributed by atoms with van der Waals surface area (Å²) in [5.74, 6) is 1.79. The highest BCUT2D eigenvalue weighted by atomic mass is 35.5. The number of nitrogens with one attached hydrogen (secondary N) is 1. The predicted octanol–water partition coefficient (Wildman–Crippen LogP) is 11.8. The highest BCUT2D eigenvalue weighted by Crippen LogP contribution is 2.43. The third-order valence-corrected chi connectivity index (χ3v) is 14.8. The Morgan fingerprint density at radius 3 is 2.27 bits per heavy atom. The Morgan fingerprint density at radius 1 is 0.893 bits per heavy atom. The van der Waals surface area contributed by atoms with Crippen molar-refractivity contribution >= 4 is 85.7 Å². The van der Waals surface area contributed by atoms with Crippen LogP contribution in [0.2, 0.25) is 10.0 Å². The maximum Gasteiger partial charge on any atom is 0.410 e. The van der Waals surface area contributed by atoms with Crippen molar-refractivity contribution in [3.63, 3.8) is 0 Å². The molecule has 2 aliphatic rings. The summed E-state index contributed by atoms with van der Waals surface area (Å²) in [5, 5.41) is 26.0. The van der Waals surface area contributed by atoms with Crippen molar-refractivity contribution in [1.29, 1.82) is 0 Å². The van der Waals surface area contributed by atoms with Gasteiger partial charge in [0.1, 0.15) is 40.1 Å². The summed E-state index contributed by atoms with van der Waals surface area (Å²) in [7, 11) is 1.83. The van der Waals surface area contributed by atoms with E-state index in [1.54, 1.807) is 28.4 Å². The number of aliphatic imine (C=N–C) groups is 1. The molecule has 7 aromatic rings. The number of hydrogen-bond donors (Lipinski definition) is 2. The maximum atomic E-state index is 17.1. The molecule has 2 amide bonds. The summed E-state index contributed by atoms with van der Waals surface area (Å²) in [6, 6.07) is 20.1. The molecule has 9 rings (SSSR count). The van der Waals surface area contributed by atoms with Gasteiger partial charge in [0.05, 0.1) is 16.3 Å². The molecule has 75 heavy (non-hydrogen) atoms. The molecule has 396 valence electrons. The van der Waals surface area contributed by atoms with Crippen LogP contribution < -0.4 is 15.1 Å². The number of rotatable bonds is 11. The third-order valence-electron chi connectivity index (χ3n) is 13.1. The summed E-state index contributed by atoms with van der Waals surface area (Å²) in [4.78, 5) is 45.9. The third kappa shape index (κ3) is 12.3. The minimum atomic E-state index is -0.664. The Kier molecular flexibility index (Phi) is 15.9. The van der Waals surface area contributed by atoms with Gasteiger partial charge >= 0.3 is 6.09 Å². The van der Waals surface area contributed by atoms with Gasteiger partial charge in [0, 0.05) is 90.8 Å². The monoisotopic (exact) mass is 1080 g/mol. The Hall–Kier alpha value is -6.40. The van der Waals surface area contributed by atoms with E-state index in [1.165, 1.54) is 29.0 Å². The number of piperazine rings is 1. The van der Waals surface area contributed by atoms with E-state index >= 15 is 4.39 Å². The van der Waals surface area contributed by atoms with Crippen molar-refractivity contribution in [3.8, 4) is 21.9 Å². The number of nitrogens with zero attached hydrogens (tertiary/aromatic N) is 9. The first-order chi connectivity index (χ1) is 35.3. The summed E-state index contributed by atoms with van der Waals surface area (Å²) in [6.45, 7) is 24.0. The van der Waals surface area contributed by atoms with Crippen LogP contribution in [-0.4, -0.2) is 116 Å². The van der Waals surface area contributed by atoms with Gasteiger partial charge in [-0.1, -0.05) is 59.6 Å². The van der Waals surface area contributed by atoms with Gasteiger partial charge in [0.15, 0.2) is 11.6 Å². The summed E-state index contributed by atoms with van der Waals surface area (Å²) < 4.78 is 31.1. The van der Waals surface area contributed by atoms with Gasteiger partial charge in [0.2, 0.25) is 11.9 Å². The second-order valence-electron chi connectivity index (χ2n) is 21.4. The molecule has 0 saturated carbocycles. The molecule has 19 heteroatoms. The van der Waals surface area contributed by atoms with Gasteiger partial charge in [-0.2, -0.15) is 4.98 Å². The molecule has 4 aromatic carbocycles. The number of likely N-dealkylation sites (N-methyl/N-ethyl adjacent to an activating group) is 1. The number of anilines is 2. The number of thiophene rings is 1. The fraction of sp³-hybridized carbons (Fsp3) is 0.411. The molecule has 1 saturated heterocycles. The van der Waals surface area contributed by atoms with E-state index in [0.717, 1.165) is 43.7 Å². The smallest absolute Gasteiger partial charge is 0.410 e. The number of phenols is 1. The number of carbonyl (C=O) groups excluding carboxylic acids is 2. The number of fused-ring (bicyclic) bond motifs is 5. The normalized spacial score (nSPS) is 13.9. The van der Waals surface area contributed by atoms with Gasteiger partial charge in [-0.05, 0) is 128 Å². The largest absolute Gasteiger partial charge is 0.508 e. The average Bonchev–Trinajstić information content (AvgIpc) is 3.78. The first-order valence-corrected chi connectivity index (χ1v) is 26.5. The molecule has 15 nitrogen and oxygen atoms in total. The van der Waals surface area contributed by atoms with Crippen LogP contribution in [0.4, 0.5) is 21.0 Å². The van der Waals surface area contributed by atoms with Gasteiger partial charge in [-0.3, -0.25) is 14.4 Å². The Morgan fingerprint density at radius 2 is 1.59 bits per heavy atom. The van der Waals surface area contributed by atoms with Crippen LogP contribution in [0.5, 0.6) is 5.75 Å². The van der Waals surface area contributed by atoms with Crippen LogP contribution in [0.15, 0.2) is 71.7 Å². The van der Waals surface area contributed by atoms with Crippen LogP contribution in [-0.2, 0) is 20.8 Å². The van der Waals surface area contributed by atoms with Crippen LogP contribution in [0.25, 0.3) is 37.8 Å². The fourth-order valence-electron chi connectivity index (χ4n) is 9.46. The van der Waals surface area contributed by atoms with E-state index in [4.69, 9.17) is 47.6 Å². The second kappa shape index (κ2) is 21.7. The Balaban J connectivity index is 0.000000267. The van der Waals surface area contributed by atoms with Crippen molar-refractivity contribution in [3.05, 3.63) is 116 Å². The first kappa shape index (κ1) is 54.8. The Labute approximate surface area is 451 Å². The van der Waals surface area contributed by atoms with Crippen molar-refractivity contribution in [2.45, 2.75) is 106 Å². The maximum absolute atomic E-state index is 17.1. The standard InChI is InChI=1S/C39H50ClFN6O5.C17H15ClN4S/c1-24(48)44-38(5,6)14-19-51-39(7,8)23-45(9)35-42-33-29(34(43-35)46-15-17-47(18-16-46)36(50)52-37(2,3)4)22-30(40)31(32(33)41)28-21-26(49)20-25-12-10-11-13-27(25)28;1-9-10(2)23-17-15(9)16(12-4-6-13(18)7-5-12)19-8-14-21-20-11(3)22(14)17/h10-13,20-22,49H,14-19,23H2,1-9H3,(H,44,48);4-7H,8H2,1-3H3. The molecule has 0 bridgehead atoms. The number of aromatic nitrogens is 5. The van der Waals surface area contributed by atoms with Crippen molar-refractivity contribution in [2.24, 2.45) is 4.99 Å². The molecule has 0 unspecified atom stereocenters. The molecule has 3 aromatic heterocycles. The number of carbonyl (C=O) groups is 2. The van der Waals surface area contributed by atoms with Gasteiger partial charge in [0.25, 0.3) is 0 Å². The highest BCUT2D eigenvalue weighted by Gasteiger charge is 2.32. The van der Waals surface area contributed by atoms with Gasteiger partial charge < -0.3 is 34.6 Å². The molecule has 2 N–H and O–H groups in total. The molecule has 5 heterocycles. The molecule has 0 aliphatic carbocycles. The zero-order valence-corrected chi connectivity index (χ0v) is 47.0. The number of aryl methyl sites for hydroxylation is 2. The zero-order valence-electron chi connectivity index (χ0n) is 44.7. The topological polar surface area (TPSA) is 163 Å². The number of halogens is 3. The van der Waals surface area contributed by atoms with E-state index < -0.39 is 22.6 Å². The van der Waals surface area contributed by atoms with E-state index in [-0.39, 0.29) is 39.8 Å². The number of benzene rings is 4. The lowest BCUT2D eigenvalue weighted by Crippen LogP contribution is -2.50. The van der Waals surface area contributed by atoms with Crippen molar-refractivity contribution in [2.75, 3.05) is 56.2 Å². The lowest BCUT2D eigenvalue weighted by molar-refractivity contribution is -0.120. The van der Waals surface area contributed by atoms with E-state index in [9.17, 15) is 14.7 Å². The first-order valence-electron chi connectivity index (χ1n) is 24.9.